The number of benzene rings is 1. The molecule has 0 saturated carbocycles. The molecule has 0 aliphatic heterocycles. The summed E-state index contributed by atoms with van der Waals surface area (Å²) >= 11 is 0. The summed E-state index contributed by atoms with van der Waals surface area (Å²) in [6, 6.07) is 4.63. The van der Waals surface area contributed by atoms with Crippen LogP contribution in [0.25, 0.3) is 0 Å². The highest BCUT2D eigenvalue weighted by Gasteiger charge is 2.22. The number of sulfonamides is 1. The number of nitrogens with zero attached hydrogens (tertiary/aromatic N) is 2. The maximum atomic E-state index is 12.1. The normalized spacial score (nSPS) is 11.2. The fraction of sp³-hybridized carbons (Fsp3) is 0.462. The summed E-state index contributed by atoms with van der Waals surface area (Å²) in [5.41, 5.74) is 6.49. The lowest BCUT2D eigenvalue weighted by Gasteiger charge is -2.26. The summed E-state index contributed by atoms with van der Waals surface area (Å²) in [7, 11) is 0.992. The molecule has 8 heteroatoms. The van der Waals surface area contributed by atoms with Crippen LogP contribution in [-0.4, -0.2) is 53.5 Å². The number of rotatable bonds is 6. The Kier molecular flexibility index (Phi) is 5.56. The van der Waals surface area contributed by atoms with Crippen molar-refractivity contribution in [3.05, 3.63) is 18.2 Å². The quantitative estimate of drug-likeness (QED) is 0.726. The Labute approximate surface area is 125 Å². The molecule has 0 fully saturated rings. The SMILES string of the molecule is CCN(CC(=O)N(C)C)c1ccc(N)cc1S(=O)(=O)NC. The average Bonchev–Trinajstić information content (AvgIpc) is 2.44. The third-order valence-corrected chi connectivity index (χ3v) is 4.53. The molecule has 0 spiro atoms. The van der Waals surface area contributed by atoms with E-state index in [-0.39, 0.29) is 17.3 Å². The molecule has 0 aliphatic carbocycles. The van der Waals surface area contributed by atoms with Crippen molar-refractivity contribution in [2.75, 3.05) is 44.9 Å². The first-order valence-electron chi connectivity index (χ1n) is 6.51. The number of carbonyl (C=O) groups excluding carboxylic acids is 1. The molecule has 0 aliphatic rings. The number of amides is 1. The molecule has 0 atom stereocenters. The van der Waals surface area contributed by atoms with Crippen LogP contribution >= 0.6 is 0 Å². The minimum atomic E-state index is -3.66. The summed E-state index contributed by atoms with van der Waals surface area (Å²) in [6.07, 6.45) is 0. The molecule has 1 aromatic rings. The predicted molar refractivity (Wildman–Crippen MR) is 83.7 cm³/mol. The van der Waals surface area contributed by atoms with Crippen molar-refractivity contribution in [1.82, 2.24) is 9.62 Å². The van der Waals surface area contributed by atoms with Gasteiger partial charge in [-0.25, -0.2) is 13.1 Å². The third kappa shape index (κ3) is 4.08. The first kappa shape index (κ1) is 17.3. The molecular formula is C13H22N4O3S. The Bertz CT molecular complexity index is 614. The van der Waals surface area contributed by atoms with Gasteiger partial charge in [-0.2, -0.15) is 0 Å². The Morgan fingerprint density at radius 3 is 2.43 bits per heavy atom. The van der Waals surface area contributed by atoms with E-state index < -0.39 is 10.0 Å². The van der Waals surface area contributed by atoms with E-state index >= 15 is 0 Å². The molecule has 0 saturated heterocycles. The van der Waals surface area contributed by atoms with Gasteiger partial charge < -0.3 is 15.5 Å². The molecule has 1 aromatic carbocycles. The summed E-state index contributed by atoms with van der Waals surface area (Å²) in [6.45, 7) is 2.45. The van der Waals surface area contributed by atoms with Gasteiger partial charge in [-0.05, 0) is 32.2 Å². The fourth-order valence-electron chi connectivity index (χ4n) is 1.79. The second kappa shape index (κ2) is 6.77. The van der Waals surface area contributed by atoms with Crippen LogP contribution in [0.3, 0.4) is 0 Å². The number of nitrogens with one attached hydrogen (secondary N) is 1. The lowest BCUT2D eigenvalue weighted by Crippen LogP contribution is -2.37. The van der Waals surface area contributed by atoms with Gasteiger partial charge in [0.05, 0.1) is 12.2 Å². The molecule has 0 bridgehead atoms. The molecule has 0 aromatic heterocycles. The molecule has 0 heterocycles. The van der Waals surface area contributed by atoms with Gasteiger partial charge in [0.25, 0.3) is 0 Å². The van der Waals surface area contributed by atoms with E-state index in [0.29, 0.717) is 17.9 Å². The van der Waals surface area contributed by atoms with Crippen molar-refractivity contribution in [3.63, 3.8) is 0 Å². The largest absolute Gasteiger partial charge is 0.399 e. The Balaban J connectivity index is 3.30. The lowest BCUT2D eigenvalue weighted by atomic mass is 10.2. The van der Waals surface area contributed by atoms with E-state index in [0.717, 1.165) is 0 Å². The van der Waals surface area contributed by atoms with Gasteiger partial charge in [-0.1, -0.05) is 0 Å². The molecular weight excluding hydrogens is 292 g/mol. The number of nitrogen functional groups attached to an aromatic ring is 1. The van der Waals surface area contributed by atoms with Crippen LogP contribution in [0.5, 0.6) is 0 Å². The van der Waals surface area contributed by atoms with Crippen molar-refractivity contribution in [1.29, 1.82) is 0 Å². The Hall–Kier alpha value is -1.80. The Morgan fingerprint density at radius 2 is 1.95 bits per heavy atom. The molecule has 118 valence electrons. The van der Waals surface area contributed by atoms with Gasteiger partial charge in [-0.3, -0.25) is 4.79 Å². The van der Waals surface area contributed by atoms with Crippen LogP contribution in [0.2, 0.25) is 0 Å². The monoisotopic (exact) mass is 314 g/mol. The van der Waals surface area contributed by atoms with Crippen LogP contribution in [0.4, 0.5) is 11.4 Å². The number of likely N-dealkylation sites (N-methyl/N-ethyl adjacent to an activating group) is 2. The molecule has 0 radical (unpaired) electrons. The molecule has 3 N–H and O–H groups in total. The van der Waals surface area contributed by atoms with Gasteiger partial charge in [0.2, 0.25) is 15.9 Å². The standard InChI is InChI=1S/C13H22N4O3S/c1-5-17(9-13(18)16(3)4)11-7-6-10(14)8-12(11)21(19,20)15-2/h6-8,15H,5,9,14H2,1-4H3. The van der Waals surface area contributed by atoms with E-state index in [2.05, 4.69) is 4.72 Å². The average molecular weight is 314 g/mol. The van der Waals surface area contributed by atoms with Crippen LogP contribution in [0.1, 0.15) is 6.92 Å². The van der Waals surface area contributed by atoms with Crippen LogP contribution in [0.15, 0.2) is 23.1 Å². The van der Waals surface area contributed by atoms with E-state index in [9.17, 15) is 13.2 Å². The zero-order chi connectivity index (χ0) is 16.2. The topological polar surface area (TPSA) is 95.7 Å². The van der Waals surface area contributed by atoms with Gasteiger partial charge >= 0.3 is 0 Å². The minimum absolute atomic E-state index is 0.0680. The van der Waals surface area contributed by atoms with Crippen molar-refractivity contribution < 1.29 is 13.2 Å². The van der Waals surface area contributed by atoms with Crippen LogP contribution in [0, 0.1) is 0 Å². The number of carbonyl (C=O) groups is 1. The third-order valence-electron chi connectivity index (χ3n) is 3.09. The smallest absolute Gasteiger partial charge is 0.242 e. The van der Waals surface area contributed by atoms with Crippen molar-refractivity contribution in [3.8, 4) is 0 Å². The number of nitrogens with two attached hydrogens (primary N) is 1. The first-order valence-corrected chi connectivity index (χ1v) is 7.99. The molecule has 7 nitrogen and oxygen atoms in total. The van der Waals surface area contributed by atoms with Gasteiger partial charge in [0, 0.05) is 26.3 Å². The summed E-state index contributed by atoms with van der Waals surface area (Å²) in [4.78, 5) is 15.1. The molecule has 21 heavy (non-hydrogen) atoms. The highest BCUT2D eigenvalue weighted by molar-refractivity contribution is 7.89. The van der Waals surface area contributed by atoms with Crippen molar-refractivity contribution in [2.45, 2.75) is 11.8 Å². The molecule has 0 unspecified atom stereocenters. The van der Waals surface area contributed by atoms with Crippen molar-refractivity contribution >= 4 is 27.3 Å². The highest BCUT2D eigenvalue weighted by Crippen LogP contribution is 2.27. The molecule has 1 amide bonds. The predicted octanol–water partition coefficient (Wildman–Crippen LogP) is 0.0914. The first-order chi connectivity index (χ1) is 9.72. The summed E-state index contributed by atoms with van der Waals surface area (Å²) < 4.78 is 26.5. The highest BCUT2D eigenvalue weighted by atomic mass is 32.2. The second-order valence-corrected chi connectivity index (χ2v) is 6.59. The van der Waals surface area contributed by atoms with E-state index in [1.165, 1.54) is 18.0 Å². The van der Waals surface area contributed by atoms with E-state index in [1.807, 2.05) is 6.92 Å². The van der Waals surface area contributed by atoms with E-state index in [1.54, 1.807) is 31.1 Å². The lowest BCUT2D eigenvalue weighted by molar-refractivity contribution is -0.127. The number of hydrogen-bond donors (Lipinski definition) is 2. The van der Waals surface area contributed by atoms with Gasteiger partial charge in [0.15, 0.2) is 0 Å². The number of hydrogen-bond acceptors (Lipinski definition) is 5. The molecule has 1 rings (SSSR count). The van der Waals surface area contributed by atoms with Gasteiger partial charge in [-0.15, -0.1) is 0 Å². The second-order valence-electron chi connectivity index (χ2n) is 4.74. The Morgan fingerprint density at radius 1 is 1.33 bits per heavy atom. The van der Waals surface area contributed by atoms with E-state index in [4.69, 9.17) is 5.73 Å². The maximum Gasteiger partial charge on any atom is 0.242 e. The van der Waals surface area contributed by atoms with Gasteiger partial charge in [0.1, 0.15) is 4.90 Å². The summed E-state index contributed by atoms with van der Waals surface area (Å²) in [5.74, 6) is -0.110. The van der Waals surface area contributed by atoms with Crippen molar-refractivity contribution in [2.24, 2.45) is 0 Å². The zero-order valence-corrected chi connectivity index (χ0v) is 13.6. The zero-order valence-electron chi connectivity index (χ0n) is 12.8. The fourth-order valence-corrected chi connectivity index (χ4v) is 2.77. The summed E-state index contributed by atoms with van der Waals surface area (Å²) in [5, 5.41) is 0. The van der Waals surface area contributed by atoms with Crippen LogP contribution in [-0.2, 0) is 14.8 Å². The number of anilines is 2. The minimum Gasteiger partial charge on any atom is -0.399 e. The van der Waals surface area contributed by atoms with Crippen LogP contribution < -0.4 is 15.4 Å². The maximum absolute atomic E-state index is 12.1.